The molecule has 106 valence electrons. The van der Waals surface area contributed by atoms with Gasteiger partial charge in [-0.2, -0.15) is 0 Å². The second kappa shape index (κ2) is 5.92. The minimum Gasteiger partial charge on any atom is -0.327 e. The van der Waals surface area contributed by atoms with Crippen LogP contribution in [0.1, 0.15) is 4.88 Å². The van der Waals surface area contributed by atoms with Gasteiger partial charge in [-0.05, 0) is 17.9 Å². The first kappa shape index (κ1) is 14.3. The van der Waals surface area contributed by atoms with Crippen molar-refractivity contribution in [2.75, 3.05) is 38.2 Å². The largest absolute Gasteiger partial charge is 0.327 e. The summed E-state index contributed by atoms with van der Waals surface area (Å²) in [7, 11) is -1.17. The van der Waals surface area contributed by atoms with Crippen molar-refractivity contribution in [3.8, 4) is 0 Å². The second-order valence-electron chi connectivity index (χ2n) is 4.67. The molecule has 5 nitrogen and oxygen atoms in total. The molecule has 1 aliphatic heterocycles. The van der Waals surface area contributed by atoms with E-state index in [-0.39, 0.29) is 17.5 Å². The maximum atomic E-state index is 12.1. The van der Waals surface area contributed by atoms with Crippen LogP contribution >= 0.6 is 11.3 Å². The van der Waals surface area contributed by atoms with Gasteiger partial charge >= 0.3 is 6.03 Å². The SMILES string of the molecule is CN(CCc1cccs1)C(=O)N1CCS(=O)(=O)CC1. The van der Waals surface area contributed by atoms with Crippen LogP contribution in [0.5, 0.6) is 0 Å². The standard InChI is InChI=1S/C12H18N2O3S2/c1-13(5-4-11-3-2-8-18-11)12(15)14-6-9-19(16,17)10-7-14/h2-3,8H,4-7,9-10H2,1H3. The molecule has 2 amide bonds. The van der Waals surface area contributed by atoms with Crippen molar-refractivity contribution in [2.45, 2.75) is 6.42 Å². The zero-order chi connectivity index (χ0) is 13.9. The lowest BCUT2D eigenvalue weighted by Gasteiger charge is -2.30. The normalized spacial score (nSPS) is 18.3. The van der Waals surface area contributed by atoms with Gasteiger partial charge in [0.05, 0.1) is 11.5 Å². The highest BCUT2D eigenvalue weighted by molar-refractivity contribution is 7.91. The molecule has 2 rings (SSSR count). The highest BCUT2D eigenvalue weighted by atomic mass is 32.2. The number of nitrogens with zero attached hydrogens (tertiary/aromatic N) is 2. The number of carbonyl (C=O) groups is 1. The Bertz CT molecular complexity index is 511. The van der Waals surface area contributed by atoms with Gasteiger partial charge in [0, 0.05) is 31.6 Å². The minimum absolute atomic E-state index is 0.0774. The number of carbonyl (C=O) groups excluding carboxylic acids is 1. The van der Waals surface area contributed by atoms with E-state index in [9.17, 15) is 13.2 Å². The Morgan fingerprint density at radius 2 is 2.11 bits per heavy atom. The minimum atomic E-state index is -2.93. The van der Waals surface area contributed by atoms with E-state index in [4.69, 9.17) is 0 Å². The van der Waals surface area contributed by atoms with E-state index >= 15 is 0 Å². The Morgan fingerprint density at radius 1 is 1.42 bits per heavy atom. The lowest BCUT2D eigenvalue weighted by atomic mass is 10.3. The highest BCUT2D eigenvalue weighted by Crippen LogP contribution is 2.11. The molecule has 1 aromatic heterocycles. The summed E-state index contributed by atoms with van der Waals surface area (Å²) in [5.74, 6) is 0.162. The summed E-state index contributed by atoms with van der Waals surface area (Å²) in [5, 5.41) is 2.02. The number of hydrogen-bond acceptors (Lipinski definition) is 4. The fraction of sp³-hybridized carbons (Fsp3) is 0.583. The number of likely N-dealkylation sites (N-methyl/N-ethyl adjacent to an activating group) is 1. The molecule has 0 radical (unpaired) electrons. The van der Waals surface area contributed by atoms with Gasteiger partial charge in [-0.15, -0.1) is 11.3 Å². The van der Waals surface area contributed by atoms with Crippen LogP contribution in [0.3, 0.4) is 0 Å². The van der Waals surface area contributed by atoms with Gasteiger partial charge in [-0.1, -0.05) is 6.07 Å². The molecule has 0 spiro atoms. The van der Waals surface area contributed by atoms with E-state index in [1.807, 2.05) is 11.4 Å². The van der Waals surface area contributed by atoms with Gasteiger partial charge in [0.2, 0.25) is 0 Å². The van der Waals surface area contributed by atoms with Crippen molar-refractivity contribution in [2.24, 2.45) is 0 Å². The van der Waals surface area contributed by atoms with Crippen LogP contribution in [-0.2, 0) is 16.3 Å². The molecule has 1 saturated heterocycles. The van der Waals surface area contributed by atoms with Crippen LogP contribution in [0.2, 0.25) is 0 Å². The van der Waals surface area contributed by atoms with Crippen LogP contribution in [0.4, 0.5) is 4.79 Å². The Hall–Kier alpha value is -1.08. The van der Waals surface area contributed by atoms with Crippen LogP contribution < -0.4 is 0 Å². The first-order valence-corrected chi connectivity index (χ1v) is 8.91. The number of sulfone groups is 1. The fourth-order valence-corrected chi connectivity index (χ4v) is 3.87. The molecule has 0 atom stereocenters. The molecule has 0 bridgehead atoms. The van der Waals surface area contributed by atoms with Gasteiger partial charge in [-0.25, -0.2) is 13.2 Å². The van der Waals surface area contributed by atoms with E-state index < -0.39 is 9.84 Å². The van der Waals surface area contributed by atoms with Crippen molar-refractivity contribution < 1.29 is 13.2 Å². The smallest absolute Gasteiger partial charge is 0.319 e. The predicted octanol–water partition coefficient (Wildman–Crippen LogP) is 1.07. The predicted molar refractivity (Wildman–Crippen MR) is 76.3 cm³/mol. The lowest BCUT2D eigenvalue weighted by molar-refractivity contribution is 0.167. The van der Waals surface area contributed by atoms with E-state index in [2.05, 4.69) is 6.07 Å². The van der Waals surface area contributed by atoms with E-state index in [0.717, 1.165) is 6.42 Å². The van der Waals surface area contributed by atoms with Crippen molar-refractivity contribution in [3.05, 3.63) is 22.4 Å². The molecule has 0 saturated carbocycles. The monoisotopic (exact) mass is 302 g/mol. The molecule has 1 aromatic rings. The zero-order valence-corrected chi connectivity index (χ0v) is 12.5. The average molecular weight is 302 g/mol. The van der Waals surface area contributed by atoms with Crippen molar-refractivity contribution >= 4 is 27.2 Å². The molecule has 0 aliphatic carbocycles. The molecule has 1 aliphatic rings. The van der Waals surface area contributed by atoms with Crippen molar-refractivity contribution in [1.29, 1.82) is 0 Å². The fourth-order valence-electron chi connectivity index (χ4n) is 1.97. The lowest BCUT2D eigenvalue weighted by Crippen LogP contribution is -2.49. The zero-order valence-electron chi connectivity index (χ0n) is 10.9. The molecule has 0 N–H and O–H groups in total. The number of rotatable bonds is 3. The Morgan fingerprint density at radius 3 is 2.68 bits per heavy atom. The quantitative estimate of drug-likeness (QED) is 0.839. The summed E-state index contributed by atoms with van der Waals surface area (Å²) < 4.78 is 22.6. The van der Waals surface area contributed by atoms with Gasteiger partial charge < -0.3 is 9.80 Å². The van der Waals surface area contributed by atoms with Crippen LogP contribution in [0.25, 0.3) is 0 Å². The number of hydrogen-bond donors (Lipinski definition) is 0. The Kier molecular flexibility index (Phi) is 4.46. The third-order valence-electron chi connectivity index (χ3n) is 3.22. The molecular formula is C12H18N2O3S2. The third-order valence-corrected chi connectivity index (χ3v) is 5.76. The van der Waals surface area contributed by atoms with Crippen LogP contribution in [0.15, 0.2) is 17.5 Å². The topological polar surface area (TPSA) is 57.7 Å². The summed E-state index contributed by atoms with van der Waals surface area (Å²) >= 11 is 1.68. The molecule has 7 heteroatoms. The number of amides is 2. The van der Waals surface area contributed by atoms with Gasteiger partial charge in [-0.3, -0.25) is 0 Å². The molecule has 1 fully saturated rings. The summed E-state index contributed by atoms with van der Waals surface area (Å²) in [4.78, 5) is 16.7. The van der Waals surface area contributed by atoms with Gasteiger partial charge in [0.15, 0.2) is 9.84 Å². The summed E-state index contributed by atoms with van der Waals surface area (Å²) in [6.45, 7) is 1.28. The van der Waals surface area contributed by atoms with Crippen molar-refractivity contribution in [1.82, 2.24) is 9.80 Å². The number of thiophene rings is 1. The molecule has 19 heavy (non-hydrogen) atoms. The Balaban J connectivity index is 1.82. The summed E-state index contributed by atoms with van der Waals surface area (Å²) in [5.41, 5.74) is 0. The van der Waals surface area contributed by atoms with Crippen molar-refractivity contribution in [3.63, 3.8) is 0 Å². The van der Waals surface area contributed by atoms with Crippen LogP contribution in [0, 0.1) is 0 Å². The van der Waals surface area contributed by atoms with E-state index in [1.54, 1.807) is 28.2 Å². The third kappa shape index (κ3) is 3.94. The van der Waals surface area contributed by atoms with E-state index in [1.165, 1.54) is 4.88 Å². The van der Waals surface area contributed by atoms with E-state index in [0.29, 0.717) is 19.6 Å². The van der Waals surface area contributed by atoms with Gasteiger partial charge in [0.1, 0.15) is 0 Å². The second-order valence-corrected chi connectivity index (χ2v) is 8.01. The summed E-state index contributed by atoms with van der Waals surface area (Å²) in [6, 6.07) is 3.97. The molecule has 0 unspecified atom stereocenters. The molecule has 2 heterocycles. The first-order valence-electron chi connectivity index (χ1n) is 6.21. The Labute approximate surface area is 117 Å². The maximum Gasteiger partial charge on any atom is 0.319 e. The number of urea groups is 1. The molecule has 0 aromatic carbocycles. The highest BCUT2D eigenvalue weighted by Gasteiger charge is 2.26. The summed E-state index contributed by atoms with van der Waals surface area (Å²) in [6.07, 6.45) is 0.839. The first-order chi connectivity index (χ1) is 8.98. The van der Waals surface area contributed by atoms with Gasteiger partial charge in [0.25, 0.3) is 0 Å². The average Bonchev–Trinajstić information content (AvgIpc) is 2.88. The molecular weight excluding hydrogens is 284 g/mol. The maximum absolute atomic E-state index is 12.1. The van der Waals surface area contributed by atoms with Crippen LogP contribution in [-0.4, -0.2) is 62.4 Å².